The van der Waals surface area contributed by atoms with Crippen molar-refractivity contribution in [2.24, 2.45) is 10.5 Å². The highest BCUT2D eigenvalue weighted by molar-refractivity contribution is 6.09. The number of likely N-dealkylation sites (tertiary alicyclic amines) is 1. The molecule has 0 unspecified atom stereocenters. The van der Waals surface area contributed by atoms with Crippen LogP contribution in [0.25, 0.3) is 0 Å². The zero-order valence-electron chi connectivity index (χ0n) is 19.4. The van der Waals surface area contributed by atoms with Gasteiger partial charge in [0.2, 0.25) is 0 Å². The molecule has 8 heteroatoms. The van der Waals surface area contributed by atoms with Gasteiger partial charge >= 0.3 is 6.09 Å². The fourth-order valence-electron chi connectivity index (χ4n) is 4.59. The highest BCUT2D eigenvalue weighted by Gasteiger charge is 2.47. The average Bonchev–Trinajstić information content (AvgIpc) is 2.65. The molecule has 0 aliphatic carbocycles. The van der Waals surface area contributed by atoms with Gasteiger partial charge in [0.1, 0.15) is 24.0 Å². The number of hydrogen-bond acceptors (Lipinski definition) is 6. The SMILES string of the molecule is Cc1cc2c(cc1[C@H](C)C1(C)CN(C(=O)OC(C)(C)C)C1)N1C(=NNC(=O)[C@H]1C)CO2. The number of aryl methyl sites for hydroxylation is 1. The zero-order valence-corrected chi connectivity index (χ0v) is 19.4. The van der Waals surface area contributed by atoms with Gasteiger partial charge in [-0.3, -0.25) is 4.79 Å². The van der Waals surface area contributed by atoms with Crippen LogP contribution in [0.3, 0.4) is 0 Å². The van der Waals surface area contributed by atoms with Crippen LogP contribution < -0.4 is 15.1 Å². The van der Waals surface area contributed by atoms with Gasteiger partial charge in [-0.1, -0.05) is 13.8 Å². The molecule has 1 aromatic rings. The van der Waals surface area contributed by atoms with E-state index in [2.05, 4.69) is 37.4 Å². The molecule has 4 rings (SSSR count). The summed E-state index contributed by atoms with van der Waals surface area (Å²) in [5.41, 5.74) is 5.19. The van der Waals surface area contributed by atoms with Crippen LogP contribution in [0, 0.1) is 12.3 Å². The Morgan fingerprint density at radius 2 is 2.03 bits per heavy atom. The Morgan fingerprint density at radius 3 is 2.68 bits per heavy atom. The highest BCUT2D eigenvalue weighted by Crippen LogP contribution is 2.47. The summed E-state index contributed by atoms with van der Waals surface area (Å²) in [4.78, 5) is 28.3. The Balaban J connectivity index is 1.59. The molecular weight excluding hydrogens is 396 g/mol. The minimum Gasteiger partial charge on any atom is -0.483 e. The first kappa shape index (κ1) is 21.5. The summed E-state index contributed by atoms with van der Waals surface area (Å²) >= 11 is 0. The smallest absolute Gasteiger partial charge is 0.410 e. The lowest BCUT2D eigenvalue weighted by atomic mass is 9.68. The molecule has 0 aromatic heterocycles. The van der Waals surface area contributed by atoms with Crippen molar-refractivity contribution < 1.29 is 19.1 Å². The second-order valence-electron chi connectivity index (χ2n) is 10.2. The van der Waals surface area contributed by atoms with E-state index in [4.69, 9.17) is 9.47 Å². The summed E-state index contributed by atoms with van der Waals surface area (Å²) in [7, 11) is 0. The van der Waals surface area contributed by atoms with Crippen molar-refractivity contribution in [3.8, 4) is 5.75 Å². The summed E-state index contributed by atoms with van der Waals surface area (Å²) in [5.74, 6) is 1.54. The Hall–Kier alpha value is -2.77. The first-order valence-electron chi connectivity index (χ1n) is 10.8. The van der Waals surface area contributed by atoms with Gasteiger partial charge in [0.15, 0.2) is 5.84 Å². The van der Waals surface area contributed by atoms with Gasteiger partial charge < -0.3 is 19.3 Å². The quantitative estimate of drug-likeness (QED) is 0.781. The Bertz CT molecular complexity index is 959. The minimum atomic E-state index is -0.500. The summed E-state index contributed by atoms with van der Waals surface area (Å²) in [6.45, 7) is 15.6. The first-order valence-corrected chi connectivity index (χ1v) is 10.8. The molecule has 1 N–H and O–H groups in total. The minimum absolute atomic E-state index is 0.0623. The first-order chi connectivity index (χ1) is 14.4. The van der Waals surface area contributed by atoms with E-state index in [0.29, 0.717) is 25.5 Å². The van der Waals surface area contributed by atoms with E-state index in [1.165, 1.54) is 5.56 Å². The average molecular weight is 429 g/mol. The van der Waals surface area contributed by atoms with E-state index in [1.54, 1.807) is 4.90 Å². The van der Waals surface area contributed by atoms with Crippen LogP contribution in [0.2, 0.25) is 0 Å². The molecule has 1 aromatic carbocycles. The molecule has 2 amide bonds. The Kier molecular flexibility index (Phi) is 4.94. The van der Waals surface area contributed by atoms with Crippen LogP contribution in [-0.4, -0.2) is 54.1 Å². The fraction of sp³-hybridized carbons (Fsp3) is 0.609. The Morgan fingerprint density at radius 1 is 1.35 bits per heavy atom. The summed E-state index contributed by atoms with van der Waals surface area (Å²) < 4.78 is 11.4. The maximum Gasteiger partial charge on any atom is 0.410 e. The molecule has 168 valence electrons. The predicted molar refractivity (Wildman–Crippen MR) is 119 cm³/mol. The number of rotatable bonds is 2. The number of fused-ring (bicyclic) bond motifs is 3. The van der Waals surface area contributed by atoms with Crippen molar-refractivity contribution in [3.63, 3.8) is 0 Å². The monoisotopic (exact) mass is 428 g/mol. The topological polar surface area (TPSA) is 83.5 Å². The molecule has 0 bridgehead atoms. The third-order valence-corrected chi connectivity index (χ3v) is 6.57. The molecule has 0 radical (unpaired) electrons. The molecule has 3 aliphatic heterocycles. The predicted octanol–water partition coefficient (Wildman–Crippen LogP) is 3.39. The highest BCUT2D eigenvalue weighted by atomic mass is 16.6. The Labute approximate surface area is 183 Å². The molecule has 8 nitrogen and oxygen atoms in total. The third kappa shape index (κ3) is 3.72. The van der Waals surface area contributed by atoms with E-state index in [9.17, 15) is 9.59 Å². The fourth-order valence-corrected chi connectivity index (χ4v) is 4.59. The maximum absolute atomic E-state index is 12.4. The van der Waals surface area contributed by atoms with Crippen molar-refractivity contribution in [2.75, 3.05) is 24.6 Å². The zero-order chi connectivity index (χ0) is 22.7. The number of carbonyl (C=O) groups is 2. The van der Waals surface area contributed by atoms with Crippen LogP contribution in [0.4, 0.5) is 10.5 Å². The van der Waals surface area contributed by atoms with E-state index in [-0.39, 0.29) is 29.4 Å². The number of amides is 2. The van der Waals surface area contributed by atoms with Crippen molar-refractivity contribution in [3.05, 3.63) is 23.3 Å². The second kappa shape index (κ2) is 7.14. The van der Waals surface area contributed by atoms with Crippen molar-refractivity contribution in [1.29, 1.82) is 0 Å². The number of ether oxygens (including phenoxy) is 2. The van der Waals surface area contributed by atoms with E-state index in [1.807, 2.05) is 38.7 Å². The van der Waals surface area contributed by atoms with Crippen LogP contribution in [0.5, 0.6) is 5.75 Å². The van der Waals surface area contributed by atoms with Crippen molar-refractivity contribution >= 4 is 23.5 Å². The number of amidine groups is 1. The van der Waals surface area contributed by atoms with Gasteiger partial charge in [0, 0.05) is 18.5 Å². The summed E-state index contributed by atoms with van der Waals surface area (Å²) in [6.07, 6.45) is -0.262. The number of hydrogen-bond donors (Lipinski definition) is 1. The van der Waals surface area contributed by atoms with Gasteiger partial charge in [0.25, 0.3) is 5.91 Å². The number of nitrogens with zero attached hydrogens (tertiary/aromatic N) is 3. The molecular formula is C23H32N4O4. The van der Waals surface area contributed by atoms with Gasteiger partial charge in [-0.05, 0) is 63.8 Å². The van der Waals surface area contributed by atoms with Gasteiger partial charge in [-0.25, -0.2) is 10.2 Å². The molecule has 31 heavy (non-hydrogen) atoms. The number of hydrazone groups is 1. The van der Waals surface area contributed by atoms with Crippen LogP contribution in [0.15, 0.2) is 17.2 Å². The van der Waals surface area contributed by atoms with E-state index < -0.39 is 5.60 Å². The van der Waals surface area contributed by atoms with Gasteiger partial charge in [-0.15, -0.1) is 0 Å². The van der Waals surface area contributed by atoms with Crippen LogP contribution >= 0.6 is 0 Å². The van der Waals surface area contributed by atoms with Gasteiger partial charge in [-0.2, -0.15) is 5.10 Å². The largest absolute Gasteiger partial charge is 0.483 e. The van der Waals surface area contributed by atoms with Crippen molar-refractivity contribution in [1.82, 2.24) is 10.3 Å². The maximum atomic E-state index is 12.4. The molecule has 1 fully saturated rings. The number of anilines is 1. The van der Waals surface area contributed by atoms with Crippen molar-refractivity contribution in [2.45, 2.75) is 66.0 Å². The standard InChI is InChI=1S/C23H32N4O4/c1-13-8-18-17(27-15(3)20(28)25-24-19(27)10-30-18)9-16(13)14(2)23(7)11-26(12-23)21(29)31-22(4,5)6/h8-9,14-15H,10-12H2,1-7H3,(H,25,28)/t14-,15+/m0/s1. The number of nitrogens with one attached hydrogen (secondary N) is 1. The van der Waals surface area contributed by atoms with Crippen LogP contribution in [0.1, 0.15) is 58.6 Å². The third-order valence-electron chi connectivity index (χ3n) is 6.57. The lowest BCUT2D eigenvalue weighted by Gasteiger charge is -2.51. The number of carbonyl (C=O) groups excluding carboxylic acids is 2. The summed E-state index contributed by atoms with van der Waals surface area (Å²) in [6, 6.07) is 3.81. The number of benzene rings is 1. The van der Waals surface area contributed by atoms with Gasteiger partial charge in [0.05, 0.1) is 5.69 Å². The lowest BCUT2D eigenvalue weighted by molar-refractivity contribution is -0.122. The van der Waals surface area contributed by atoms with E-state index in [0.717, 1.165) is 17.0 Å². The lowest BCUT2D eigenvalue weighted by Crippen LogP contribution is -2.60. The molecule has 3 heterocycles. The molecule has 0 saturated carbocycles. The molecule has 2 atom stereocenters. The van der Waals surface area contributed by atoms with Crippen LogP contribution in [-0.2, 0) is 9.53 Å². The molecule has 0 spiro atoms. The molecule has 1 saturated heterocycles. The summed E-state index contributed by atoms with van der Waals surface area (Å²) in [5, 5.41) is 4.17. The second-order valence-corrected chi connectivity index (χ2v) is 10.2. The van der Waals surface area contributed by atoms with E-state index >= 15 is 0 Å². The normalized spacial score (nSPS) is 22.9. The molecule has 3 aliphatic rings.